The van der Waals surface area contributed by atoms with Crippen LogP contribution in [0, 0.1) is 13.8 Å². The van der Waals surface area contributed by atoms with Gasteiger partial charge in [0.15, 0.2) is 5.65 Å². The summed E-state index contributed by atoms with van der Waals surface area (Å²) in [4.78, 5) is 9.87. The van der Waals surface area contributed by atoms with Gasteiger partial charge in [-0.25, -0.2) is 4.98 Å². The van der Waals surface area contributed by atoms with Crippen molar-refractivity contribution in [3.8, 4) is 11.1 Å². The highest BCUT2D eigenvalue weighted by Gasteiger charge is 2.22. The lowest BCUT2D eigenvalue weighted by Gasteiger charge is -2.36. The minimum absolute atomic E-state index is 0.926. The minimum Gasteiger partial charge on any atom is -0.354 e. The van der Waals surface area contributed by atoms with E-state index in [2.05, 4.69) is 90.4 Å². The van der Waals surface area contributed by atoms with Gasteiger partial charge in [-0.3, -0.25) is 4.90 Å². The third-order valence-electron chi connectivity index (χ3n) is 7.02. The number of hydrogen-bond acceptors (Lipinski definition) is 4. The summed E-state index contributed by atoms with van der Waals surface area (Å²) >= 11 is 0. The molecule has 0 atom stereocenters. The first-order valence-corrected chi connectivity index (χ1v) is 12.0. The highest BCUT2D eigenvalue weighted by atomic mass is 15.4. The van der Waals surface area contributed by atoms with E-state index in [1.807, 2.05) is 16.8 Å². The van der Waals surface area contributed by atoms with Gasteiger partial charge in [-0.2, -0.15) is 9.61 Å². The van der Waals surface area contributed by atoms with Crippen LogP contribution in [0.15, 0.2) is 79.0 Å². The molecule has 3 aromatic carbocycles. The van der Waals surface area contributed by atoms with Crippen LogP contribution in [0.4, 0.5) is 5.82 Å². The Labute approximate surface area is 200 Å². The van der Waals surface area contributed by atoms with Crippen molar-refractivity contribution in [2.75, 3.05) is 31.1 Å². The molecule has 0 saturated carbocycles. The van der Waals surface area contributed by atoms with Gasteiger partial charge >= 0.3 is 0 Å². The minimum atomic E-state index is 0.926. The van der Waals surface area contributed by atoms with Crippen LogP contribution in [0.2, 0.25) is 0 Å². The molecule has 1 aliphatic rings. The lowest BCUT2D eigenvalue weighted by molar-refractivity contribution is 0.249. The molecule has 3 heterocycles. The van der Waals surface area contributed by atoms with Crippen molar-refractivity contribution in [1.82, 2.24) is 19.5 Å². The van der Waals surface area contributed by atoms with Crippen LogP contribution in [0.3, 0.4) is 0 Å². The zero-order valence-electron chi connectivity index (χ0n) is 19.8. The molecule has 0 unspecified atom stereocenters. The molecule has 170 valence electrons. The van der Waals surface area contributed by atoms with E-state index in [0.717, 1.165) is 61.0 Å². The molecular weight excluding hydrogens is 418 g/mol. The van der Waals surface area contributed by atoms with E-state index in [1.165, 1.54) is 21.9 Å². The smallest absolute Gasteiger partial charge is 0.165 e. The number of benzene rings is 3. The van der Waals surface area contributed by atoms with E-state index >= 15 is 0 Å². The topological polar surface area (TPSA) is 36.7 Å². The summed E-state index contributed by atoms with van der Waals surface area (Å²) in [5.74, 6) is 1.13. The first-order chi connectivity index (χ1) is 16.7. The van der Waals surface area contributed by atoms with E-state index in [0.29, 0.717) is 0 Å². The largest absolute Gasteiger partial charge is 0.354 e. The molecule has 5 nitrogen and oxygen atoms in total. The molecule has 0 N–H and O–H groups in total. The number of nitrogens with zero attached hydrogens (tertiary/aromatic N) is 5. The SMILES string of the molecule is Cc1cc(N2CCN(Cc3c(C)ccc4ccccc34)CC2)n2ncc(-c3ccccc3)c2n1. The number of rotatable bonds is 4. The fraction of sp³-hybridized carbons (Fsp3) is 0.241. The van der Waals surface area contributed by atoms with E-state index in [1.54, 1.807) is 0 Å². The Balaban J connectivity index is 1.25. The average molecular weight is 448 g/mol. The van der Waals surface area contributed by atoms with Crippen LogP contribution in [0.1, 0.15) is 16.8 Å². The maximum absolute atomic E-state index is 4.84. The number of piperazine rings is 1. The Kier molecular flexibility index (Phi) is 5.27. The summed E-state index contributed by atoms with van der Waals surface area (Å²) in [5, 5.41) is 7.44. The molecule has 5 heteroatoms. The zero-order chi connectivity index (χ0) is 23.1. The third kappa shape index (κ3) is 3.72. The molecular formula is C29H29N5. The van der Waals surface area contributed by atoms with Gasteiger partial charge in [0.1, 0.15) is 5.82 Å². The first-order valence-electron chi connectivity index (χ1n) is 12.0. The highest BCUT2D eigenvalue weighted by molar-refractivity contribution is 5.86. The molecule has 1 saturated heterocycles. The van der Waals surface area contributed by atoms with Crippen LogP contribution >= 0.6 is 0 Å². The summed E-state index contributed by atoms with van der Waals surface area (Å²) in [5.41, 5.74) is 7.00. The van der Waals surface area contributed by atoms with Crippen LogP contribution in [0.25, 0.3) is 27.5 Å². The summed E-state index contributed by atoms with van der Waals surface area (Å²) in [7, 11) is 0. The number of fused-ring (bicyclic) bond motifs is 2. The van der Waals surface area contributed by atoms with Gasteiger partial charge in [0.25, 0.3) is 0 Å². The predicted octanol–water partition coefficient (Wildman–Crippen LogP) is 5.49. The number of hydrogen-bond donors (Lipinski definition) is 0. The molecule has 1 aliphatic heterocycles. The molecule has 0 amide bonds. The van der Waals surface area contributed by atoms with Crippen molar-refractivity contribution in [2.24, 2.45) is 0 Å². The second kappa shape index (κ2) is 8.58. The molecule has 0 bridgehead atoms. The van der Waals surface area contributed by atoms with Gasteiger partial charge < -0.3 is 4.90 Å². The fourth-order valence-corrected chi connectivity index (χ4v) is 5.12. The summed E-state index contributed by atoms with van der Waals surface area (Å²) in [6.07, 6.45) is 1.94. The predicted molar refractivity (Wildman–Crippen MR) is 139 cm³/mol. The molecule has 2 aromatic heterocycles. The van der Waals surface area contributed by atoms with Crippen LogP contribution < -0.4 is 4.90 Å². The number of aromatic nitrogens is 3. The highest BCUT2D eigenvalue weighted by Crippen LogP contribution is 2.28. The van der Waals surface area contributed by atoms with Crippen molar-refractivity contribution in [1.29, 1.82) is 0 Å². The maximum Gasteiger partial charge on any atom is 0.165 e. The first kappa shape index (κ1) is 20.9. The van der Waals surface area contributed by atoms with Gasteiger partial charge in [-0.05, 0) is 41.3 Å². The Bertz CT molecular complexity index is 1460. The lowest BCUT2D eigenvalue weighted by atomic mass is 9.99. The summed E-state index contributed by atoms with van der Waals surface area (Å²) < 4.78 is 2.01. The monoisotopic (exact) mass is 447 g/mol. The van der Waals surface area contributed by atoms with Gasteiger partial charge in [0, 0.05) is 50.0 Å². The van der Waals surface area contributed by atoms with Crippen molar-refractivity contribution in [3.63, 3.8) is 0 Å². The molecule has 0 radical (unpaired) electrons. The van der Waals surface area contributed by atoms with E-state index in [4.69, 9.17) is 10.1 Å². The van der Waals surface area contributed by atoms with E-state index in [9.17, 15) is 0 Å². The molecule has 34 heavy (non-hydrogen) atoms. The van der Waals surface area contributed by atoms with Crippen molar-refractivity contribution in [3.05, 3.63) is 95.8 Å². The maximum atomic E-state index is 4.84. The number of aryl methyl sites for hydroxylation is 2. The van der Waals surface area contributed by atoms with Crippen molar-refractivity contribution in [2.45, 2.75) is 20.4 Å². The number of anilines is 1. The van der Waals surface area contributed by atoms with Gasteiger partial charge in [-0.15, -0.1) is 0 Å². The van der Waals surface area contributed by atoms with Crippen LogP contribution in [-0.4, -0.2) is 45.7 Å². The standard InChI is InChI=1S/C29H29N5/c1-21-12-13-24-10-6-7-11-25(24)27(21)20-32-14-16-33(17-15-32)28-18-22(2)31-29-26(19-30-34(28)29)23-8-4-3-5-9-23/h3-13,18-19H,14-17,20H2,1-2H3. The second-order valence-electron chi connectivity index (χ2n) is 9.26. The van der Waals surface area contributed by atoms with Crippen LogP contribution in [0.5, 0.6) is 0 Å². The van der Waals surface area contributed by atoms with Gasteiger partial charge in [-0.1, -0.05) is 66.7 Å². The van der Waals surface area contributed by atoms with E-state index in [-0.39, 0.29) is 0 Å². The molecule has 0 aliphatic carbocycles. The van der Waals surface area contributed by atoms with Crippen molar-refractivity contribution < 1.29 is 0 Å². The molecule has 1 fully saturated rings. The lowest BCUT2D eigenvalue weighted by Crippen LogP contribution is -2.46. The zero-order valence-corrected chi connectivity index (χ0v) is 19.8. The summed E-state index contributed by atoms with van der Waals surface area (Å²) in [6.45, 7) is 9.30. The third-order valence-corrected chi connectivity index (χ3v) is 7.02. The normalized spacial score (nSPS) is 14.8. The Morgan fingerprint density at radius 3 is 2.41 bits per heavy atom. The molecule has 0 spiro atoms. The van der Waals surface area contributed by atoms with Crippen molar-refractivity contribution >= 4 is 22.2 Å². The molecule has 5 aromatic rings. The van der Waals surface area contributed by atoms with Crippen LogP contribution in [-0.2, 0) is 6.54 Å². The average Bonchev–Trinajstić information content (AvgIpc) is 3.30. The Hall–Kier alpha value is -3.70. The van der Waals surface area contributed by atoms with E-state index < -0.39 is 0 Å². The molecule has 6 rings (SSSR count). The summed E-state index contributed by atoms with van der Waals surface area (Å²) in [6, 6.07) is 25.8. The van der Waals surface area contributed by atoms with Gasteiger partial charge in [0.2, 0.25) is 0 Å². The Morgan fingerprint density at radius 2 is 1.59 bits per heavy atom. The fourth-order valence-electron chi connectivity index (χ4n) is 5.12. The second-order valence-corrected chi connectivity index (χ2v) is 9.26. The Morgan fingerprint density at radius 1 is 0.824 bits per heavy atom. The van der Waals surface area contributed by atoms with Gasteiger partial charge in [0.05, 0.1) is 6.20 Å². The quantitative estimate of drug-likeness (QED) is 0.365.